The van der Waals surface area contributed by atoms with Gasteiger partial charge in [0.15, 0.2) is 5.78 Å². The number of nitrogens with zero attached hydrogens (tertiary/aromatic N) is 1. The van der Waals surface area contributed by atoms with Crippen LogP contribution in [0, 0.1) is 29.1 Å². The summed E-state index contributed by atoms with van der Waals surface area (Å²) in [4.78, 5) is 43.8. The average Bonchev–Trinajstić information content (AvgIpc) is 3.32. The summed E-state index contributed by atoms with van der Waals surface area (Å²) in [7, 11) is 0. The molecular formula is C33H42N2O6. The molecule has 0 radical (unpaired) electrons. The third-order valence-electron chi connectivity index (χ3n) is 10.1. The highest BCUT2D eigenvalue weighted by molar-refractivity contribution is 6.43. The van der Waals surface area contributed by atoms with E-state index in [0.717, 1.165) is 23.1 Å². The highest BCUT2D eigenvalue weighted by Crippen LogP contribution is 2.61. The first-order valence-corrected chi connectivity index (χ1v) is 14.7. The van der Waals surface area contributed by atoms with Gasteiger partial charge in [0, 0.05) is 24.4 Å². The monoisotopic (exact) mass is 562 g/mol. The van der Waals surface area contributed by atoms with Gasteiger partial charge in [-0.3, -0.25) is 19.2 Å². The van der Waals surface area contributed by atoms with E-state index in [-0.39, 0.29) is 25.1 Å². The number of Topliss-reactive ketones (excluding diaryl/α,β-unsaturated/α-hetero) is 2. The van der Waals surface area contributed by atoms with Gasteiger partial charge in [-0.1, -0.05) is 57.2 Å². The fraction of sp³-hybridized carbons (Fsp3) is 0.545. The molecule has 220 valence electrons. The molecule has 6 rings (SSSR count). The fourth-order valence-electron chi connectivity index (χ4n) is 7.56. The number of ketones is 2. The van der Waals surface area contributed by atoms with Gasteiger partial charge in [-0.15, -0.1) is 0 Å². The number of carbonyl (C=O) groups is 3. The van der Waals surface area contributed by atoms with Gasteiger partial charge in [0.05, 0.1) is 19.3 Å². The zero-order valence-corrected chi connectivity index (χ0v) is 24.5. The Hall–Kier alpha value is -2.91. The zero-order valence-electron chi connectivity index (χ0n) is 24.5. The van der Waals surface area contributed by atoms with Gasteiger partial charge in [0.25, 0.3) is 0 Å². The molecule has 1 saturated heterocycles. The second-order valence-electron chi connectivity index (χ2n) is 12.9. The molecule has 8 nitrogen and oxygen atoms in total. The van der Waals surface area contributed by atoms with Crippen molar-refractivity contribution in [3.8, 4) is 11.1 Å². The molecule has 1 aliphatic heterocycles. The van der Waals surface area contributed by atoms with Crippen LogP contribution >= 0.6 is 0 Å². The summed E-state index contributed by atoms with van der Waals surface area (Å²) in [5, 5.41) is 25.7. The molecule has 2 aromatic rings. The van der Waals surface area contributed by atoms with Gasteiger partial charge in [-0.2, -0.15) is 5.06 Å². The van der Waals surface area contributed by atoms with Gasteiger partial charge < -0.3 is 15.5 Å². The molecule has 0 spiro atoms. The third-order valence-corrected chi connectivity index (χ3v) is 10.1. The van der Waals surface area contributed by atoms with Crippen molar-refractivity contribution >= 4 is 17.5 Å². The lowest BCUT2D eigenvalue weighted by atomic mass is 9.45. The number of carbonyl (C=O) groups excluding carboxylic acids is 3. The number of amides is 1. The van der Waals surface area contributed by atoms with Crippen LogP contribution in [0.15, 0.2) is 48.5 Å². The van der Waals surface area contributed by atoms with Gasteiger partial charge in [0.1, 0.15) is 12.1 Å². The summed E-state index contributed by atoms with van der Waals surface area (Å²) in [6, 6.07) is 13.9. The van der Waals surface area contributed by atoms with Gasteiger partial charge in [0.2, 0.25) is 11.7 Å². The van der Waals surface area contributed by atoms with Crippen LogP contribution in [0.1, 0.15) is 63.4 Å². The van der Waals surface area contributed by atoms with E-state index in [0.29, 0.717) is 28.7 Å². The van der Waals surface area contributed by atoms with E-state index < -0.39 is 35.7 Å². The van der Waals surface area contributed by atoms with Gasteiger partial charge >= 0.3 is 0 Å². The first kappa shape index (κ1) is 29.6. The Labute approximate surface area is 242 Å². The Balaban J connectivity index is 1.37. The molecule has 41 heavy (non-hydrogen) atoms. The fourth-order valence-corrected chi connectivity index (χ4v) is 7.56. The summed E-state index contributed by atoms with van der Waals surface area (Å²) in [6.07, 6.45) is 0.584. The molecule has 0 unspecified atom stereocenters. The average molecular weight is 563 g/mol. The maximum absolute atomic E-state index is 13.9. The summed E-state index contributed by atoms with van der Waals surface area (Å²) in [6.45, 7) is 9.72. The number of hydrogen-bond donors (Lipinski definition) is 3. The second kappa shape index (κ2) is 11.4. The molecule has 3 N–H and O–H groups in total. The van der Waals surface area contributed by atoms with Crippen molar-refractivity contribution < 1.29 is 29.4 Å². The van der Waals surface area contributed by atoms with Crippen molar-refractivity contribution in [3.05, 3.63) is 59.7 Å². The predicted octanol–water partition coefficient (Wildman–Crippen LogP) is 3.79. The zero-order chi connectivity index (χ0) is 29.6. The molecule has 1 amide bonds. The van der Waals surface area contributed by atoms with E-state index >= 15 is 0 Å². The quantitative estimate of drug-likeness (QED) is 0.315. The van der Waals surface area contributed by atoms with Gasteiger partial charge in [-0.05, 0) is 71.8 Å². The summed E-state index contributed by atoms with van der Waals surface area (Å²) in [5.41, 5.74) is 3.14. The van der Waals surface area contributed by atoms with Crippen LogP contribution in [0.2, 0.25) is 0 Å². The molecule has 4 aliphatic rings. The van der Waals surface area contributed by atoms with Crippen LogP contribution in [0.3, 0.4) is 0 Å². The summed E-state index contributed by atoms with van der Waals surface area (Å²) < 4.78 is 0. The van der Waals surface area contributed by atoms with Crippen LogP contribution in [-0.4, -0.2) is 63.6 Å². The Morgan fingerprint density at radius 1 is 1.10 bits per heavy atom. The summed E-state index contributed by atoms with van der Waals surface area (Å²) >= 11 is 0. The molecule has 2 bridgehead atoms. The molecule has 8 atom stereocenters. The number of hydroxylamine groups is 2. The number of hydrogen-bond acceptors (Lipinski definition) is 7. The maximum atomic E-state index is 13.9. The Morgan fingerprint density at radius 3 is 2.39 bits per heavy atom. The molecule has 2 aromatic carbocycles. The number of rotatable bonds is 9. The number of benzene rings is 2. The molecule has 0 aromatic heterocycles. The molecule has 4 fully saturated rings. The minimum absolute atomic E-state index is 0.0669. The number of aliphatic hydroxyl groups excluding tert-OH is 2. The van der Waals surface area contributed by atoms with E-state index in [2.05, 4.69) is 26.1 Å². The Kier molecular flexibility index (Phi) is 8.23. The minimum Gasteiger partial charge on any atom is -0.394 e. The van der Waals surface area contributed by atoms with Crippen LogP contribution < -0.4 is 5.32 Å². The Morgan fingerprint density at radius 2 is 1.78 bits per heavy atom. The van der Waals surface area contributed by atoms with Gasteiger partial charge in [-0.25, -0.2) is 0 Å². The number of nitrogens with one attached hydrogen (secondary N) is 1. The third kappa shape index (κ3) is 5.50. The van der Waals surface area contributed by atoms with E-state index in [4.69, 9.17) is 4.84 Å². The van der Waals surface area contributed by atoms with Crippen LogP contribution in [-0.2, 0) is 21.0 Å². The van der Waals surface area contributed by atoms with E-state index in [9.17, 15) is 24.6 Å². The SMILES string of the molecule is CC(=O)C(=O)c1cccc(-c2cccc(CN3O[C@@H](CO)[C@@H]([C@H](C)O)[C@H]3C(=O)N[C@H]3C[C@H]4C[C@@H]([C@@H]3C)C4(C)C)c2)c1. The van der Waals surface area contributed by atoms with Crippen molar-refractivity contribution in [2.75, 3.05) is 6.61 Å². The highest BCUT2D eigenvalue weighted by Gasteiger charge is 2.57. The van der Waals surface area contributed by atoms with Crippen molar-refractivity contribution in [2.24, 2.45) is 29.1 Å². The number of aliphatic hydroxyl groups is 2. The largest absolute Gasteiger partial charge is 0.394 e. The normalized spacial score (nSPS) is 31.2. The van der Waals surface area contributed by atoms with Crippen molar-refractivity contribution in [1.82, 2.24) is 10.4 Å². The van der Waals surface area contributed by atoms with Crippen molar-refractivity contribution in [1.29, 1.82) is 0 Å². The molecule has 1 heterocycles. The number of fused-ring (bicyclic) bond motifs is 2. The molecule has 3 aliphatic carbocycles. The molecule has 3 saturated carbocycles. The molecule has 8 heteroatoms. The highest BCUT2D eigenvalue weighted by atomic mass is 16.7. The first-order valence-electron chi connectivity index (χ1n) is 14.7. The smallest absolute Gasteiger partial charge is 0.240 e. The van der Waals surface area contributed by atoms with Crippen LogP contribution in [0.4, 0.5) is 0 Å². The maximum Gasteiger partial charge on any atom is 0.240 e. The van der Waals surface area contributed by atoms with Crippen molar-refractivity contribution in [3.63, 3.8) is 0 Å². The minimum atomic E-state index is -0.864. The van der Waals surface area contributed by atoms with Crippen LogP contribution in [0.5, 0.6) is 0 Å². The van der Waals surface area contributed by atoms with E-state index in [1.807, 2.05) is 30.3 Å². The lowest BCUT2D eigenvalue weighted by molar-refractivity contribution is -0.183. The topological polar surface area (TPSA) is 116 Å². The van der Waals surface area contributed by atoms with E-state index in [1.165, 1.54) is 13.3 Å². The van der Waals surface area contributed by atoms with Crippen LogP contribution in [0.25, 0.3) is 11.1 Å². The predicted molar refractivity (Wildman–Crippen MR) is 154 cm³/mol. The standard InChI is InChI=1S/C33H42N2O6/c1-18-26-14-25(33(26,4)5)15-27(18)34-32(40)30-29(19(2)37)28(17-36)41-35(30)16-21-8-6-9-22(12-21)23-10-7-11-24(13-23)31(39)20(3)38/h6-13,18-19,25-30,36-37H,14-17H2,1-5H3,(H,34,40)/t18-,19-,25+,26-,27-,28-,29+,30-/m0/s1. The lowest BCUT2D eigenvalue weighted by Gasteiger charge is -2.62. The van der Waals surface area contributed by atoms with E-state index in [1.54, 1.807) is 30.2 Å². The molecular weight excluding hydrogens is 520 g/mol. The second-order valence-corrected chi connectivity index (χ2v) is 12.9. The first-order chi connectivity index (χ1) is 19.4. The van der Waals surface area contributed by atoms with Crippen molar-refractivity contribution in [2.45, 2.75) is 78.3 Å². The lowest BCUT2D eigenvalue weighted by Crippen LogP contribution is -2.62. The Bertz CT molecular complexity index is 1320. The summed E-state index contributed by atoms with van der Waals surface area (Å²) in [5.74, 6) is -0.301.